The van der Waals surface area contributed by atoms with Crippen LogP contribution in [0.4, 0.5) is 16.2 Å². The molecule has 3 aromatic carbocycles. The van der Waals surface area contributed by atoms with Crippen LogP contribution in [0.3, 0.4) is 0 Å². The van der Waals surface area contributed by atoms with Gasteiger partial charge in [-0.05, 0) is 78.8 Å². The molecule has 0 aromatic heterocycles. The van der Waals surface area contributed by atoms with Crippen molar-refractivity contribution in [2.75, 3.05) is 66.6 Å². The summed E-state index contributed by atoms with van der Waals surface area (Å²) in [5, 5.41) is 11.6. The lowest BCUT2D eigenvalue weighted by molar-refractivity contribution is -0.141. The molecule has 0 saturated heterocycles. The zero-order valence-corrected chi connectivity index (χ0v) is 33.7. The van der Waals surface area contributed by atoms with Crippen molar-refractivity contribution in [1.29, 1.82) is 0 Å². The first kappa shape index (κ1) is 45.7. The Morgan fingerprint density at radius 2 is 1.25 bits per heavy atom. The van der Waals surface area contributed by atoms with Gasteiger partial charge in [0.05, 0.1) is 20.0 Å². The average Bonchev–Trinajstić information content (AvgIpc) is 3.12. The number of nitrogens with one attached hydrogen (secondary N) is 1. The summed E-state index contributed by atoms with van der Waals surface area (Å²) in [5.41, 5.74) is 13.1. The number of carboxylic acids is 1. The molecule has 10 nitrogen and oxygen atoms in total. The fourth-order valence-corrected chi connectivity index (χ4v) is 6.41. The topological polar surface area (TPSA) is 134 Å². The van der Waals surface area contributed by atoms with Gasteiger partial charge in [-0.1, -0.05) is 42.5 Å². The van der Waals surface area contributed by atoms with Crippen molar-refractivity contribution in [3.05, 3.63) is 94.5 Å². The van der Waals surface area contributed by atoms with Crippen molar-refractivity contribution in [3.63, 3.8) is 0 Å². The molecule has 3 rings (SSSR count). The van der Waals surface area contributed by atoms with E-state index in [0.29, 0.717) is 49.5 Å². The third-order valence-corrected chi connectivity index (χ3v) is 9.04. The number of carbonyl (C=O) groups excluding carboxylic acids is 2. The summed E-state index contributed by atoms with van der Waals surface area (Å²) in [4.78, 5) is 39.2. The number of nitrogens with zero attached hydrogens (tertiary/aromatic N) is 2. The minimum atomic E-state index is -0.868. The zero-order valence-electron chi connectivity index (χ0n) is 30.7. The molecule has 0 saturated carbocycles. The Balaban J connectivity index is 0.000000401. The number of carboxylic acid groups (broad SMARTS) is 1. The lowest BCUT2D eigenvalue weighted by atomic mass is 9.98. The van der Waals surface area contributed by atoms with Crippen molar-refractivity contribution in [2.45, 2.75) is 58.2 Å². The third-order valence-electron chi connectivity index (χ3n) is 8.36. The van der Waals surface area contributed by atoms with Crippen LogP contribution in [-0.2, 0) is 38.5 Å². The molecule has 0 radical (unpaired) electrons. The molecule has 0 fully saturated rings. The van der Waals surface area contributed by atoms with Gasteiger partial charge in [0.2, 0.25) is 0 Å². The first-order chi connectivity index (χ1) is 25.4. The van der Waals surface area contributed by atoms with Gasteiger partial charge in [0.1, 0.15) is 6.61 Å². The summed E-state index contributed by atoms with van der Waals surface area (Å²) in [5.74, 6) is 0.833. The van der Waals surface area contributed by atoms with Gasteiger partial charge in [-0.2, -0.15) is 0 Å². The largest absolute Gasteiger partial charge is 0.481 e. The Labute approximate surface area is 333 Å². The monoisotopic (exact) mass is 812 g/mol. The number of halogens is 4. The SMILES string of the molecule is COC(=O)CC(Cc1ccc(N(CCCl)CCCl)cc1C)NC(=O)OCc1ccccc1.Cc1cc(N(CCCl)CCCl)ccc1CC(N)CC(=O)O. The van der Waals surface area contributed by atoms with Gasteiger partial charge in [-0.25, -0.2) is 4.79 Å². The number of esters is 1. The van der Waals surface area contributed by atoms with Crippen molar-refractivity contribution in [3.8, 4) is 0 Å². The number of ether oxygens (including phenoxy) is 2. The van der Waals surface area contributed by atoms with Crippen LogP contribution in [0.15, 0.2) is 66.7 Å². The number of carbonyl (C=O) groups is 3. The summed E-state index contributed by atoms with van der Waals surface area (Å²) < 4.78 is 10.1. The third kappa shape index (κ3) is 17.5. The fraction of sp³-hybridized carbons (Fsp3) is 0.462. The maximum atomic E-state index is 12.3. The molecule has 2 unspecified atom stereocenters. The normalized spacial score (nSPS) is 11.8. The molecular weight excluding hydrogens is 762 g/mol. The maximum Gasteiger partial charge on any atom is 0.407 e. The molecule has 4 N–H and O–H groups in total. The number of hydrogen-bond acceptors (Lipinski definition) is 8. The number of benzene rings is 3. The highest BCUT2D eigenvalue weighted by Crippen LogP contribution is 2.23. The van der Waals surface area contributed by atoms with Crippen LogP contribution < -0.4 is 20.9 Å². The van der Waals surface area contributed by atoms with Crippen molar-refractivity contribution < 1.29 is 29.0 Å². The predicted octanol–water partition coefficient (Wildman–Crippen LogP) is 7.30. The average molecular weight is 815 g/mol. The summed E-state index contributed by atoms with van der Waals surface area (Å²) in [6.45, 7) is 7.05. The number of hydrogen-bond donors (Lipinski definition) is 3. The number of alkyl carbamates (subject to hydrolysis) is 1. The van der Waals surface area contributed by atoms with Gasteiger partial charge in [0, 0.05) is 73.2 Å². The Hall–Kier alpha value is -3.41. The van der Waals surface area contributed by atoms with Crippen molar-refractivity contribution in [1.82, 2.24) is 5.32 Å². The van der Waals surface area contributed by atoms with Crippen molar-refractivity contribution in [2.24, 2.45) is 5.73 Å². The number of aliphatic carboxylic acids is 1. The second-order valence-corrected chi connectivity index (χ2v) is 13.9. The Morgan fingerprint density at radius 1 is 0.755 bits per heavy atom. The second kappa shape index (κ2) is 25.6. The Bertz CT molecular complexity index is 1540. The van der Waals surface area contributed by atoms with E-state index in [1.54, 1.807) is 0 Å². The highest BCUT2D eigenvalue weighted by atomic mass is 35.5. The number of alkyl halides is 4. The van der Waals surface area contributed by atoms with Gasteiger partial charge in [-0.3, -0.25) is 9.59 Å². The predicted molar refractivity (Wildman–Crippen MR) is 217 cm³/mol. The standard InChI is InChI=1S/C24H30Cl2N2O4.C15H22Cl2N2O2/c1-18-14-22(28(12-10-25)13-11-26)9-8-20(18)15-21(16-23(29)31-2)27-24(30)32-17-19-6-4-3-5-7-19;1-11-8-14(19(6-4-16)7-5-17)3-2-12(11)9-13(18)10-15(20)21/h3-9,14,21H,10-13,15-17H2,1-2H3,(H,27,30);2-3,8,13H,4-7,9-10,18H2,1H3,(H,20,21). The van der Waals surface area contributed by atoms with E-state index in [-0.39, 0.29) is 25.5 Å². The quantitative estimate of drug-likeness (QED) is 0.0749. The molecule has 292 valence electrons. The Kier molecular flexibility index (Phi) is 22.1. The van der Waals surface area contributed by atoms with E-state index in [1.807, 2.05) is 68.4 Å². The number of aryl methyl sites for hydroxylation is 2. The zero-order chi connectivity index (χ0) is 39.2. The minimum Gasteiger partial charge on any atom is -0.481 e. The van der Waals surface area contributed by atoms with E-state index >= 15 is 0 Å². The van der Waals surface area contributed by atoms with Crippen LogP contribution in [-0.4, -0.2) is 92.0 Å². The van der Waals surface area contributed by atoms with E-state index in [0.717, 1.165) is 52.3 Å². The van der Waals surface area contributed by atoms with E-state index in [1.165, 1.54) is 7.11 Å². The van der Waals surface area contributed by atoms with Gasteiger partial charge in [-0.15, -0.1) is 46.4 Å². The highest BCUT2D eigenvalue weighted by molar-refractivity contribution is 6.19. The smallest absolute Gasteiger partial charge is 0.407 e. The molecule has 14 heteroatoms. The van der Waals surface area contributed by atoms with Crippen molar-refractivity contribution >= 4 is 75.8 Å². The molecule has 2 atom stereocenters. The highest BCUT2D eigenvalue weighted by Gasteiger charge is 2.20. The number of nitrogens with two attached hydrogens (primary N) is 1. The molecule has 0 aliphatic carbocycles. The first-order valence-electron chi connectivity index (χ1n) is 17.4. The molecule has 0 aliphatic rings. The van der Waals surface area contributed by atoms with E-state index in [4.69, 9.17) is 66.7 Å². The molecule has 3 aromatic rings. The van der Waals surface area contributed by atoms with Crippen LogP contribution in [0.1, 0.15) is 40.7 Å². The lowest BCUT2D eigenvalue weighted by Gasteiger charge is -2.24. The Morgan fingerprint density at radius 3 is 1.68 bits per heavy atom. The fourth-order valence-electron chi connectivity index (χ4n) is 5.59. The number of amides is 1. The number of rotatable bonds is 21. The van der Waals surface area contributed by atoms with Gasteiger partial charge >= 0.3 is 18.0 Å². The maximum absolute atomic E-state index is 12.3. The van der Waals surface area contributed by atoms with Crippen LogP contribution >= 0.6 is 46.4 Å². The van der Waals surface area contributed by atoms with Crippen LogP contribution in [0.25, 0.3) is 0 Å². The van der Waals surface area contributed by atoms with Crippen LogP contribution in [0, 0.1) is 13.8 Å². The number of anilines is 2. The van der Waals surface area contributed by atoms with Gasteiger partial charge in [0.25, 0.3) is 0 Å². The van der Waals surface area contributed by atoms with Gasteiger partial charge in [0.15, 0.2) is 0 Å². The molecule has 53 heavy (non-hydrogen) atoms. The summed E-state index contributed by atoms with van der Waals surface area (Å²) in [6.07, 6.45) is 0.470. The van der Waals surface area contributed by atoms with Crippen LogP contribution in [0.5, 0.6) is 0 Å². The molecule has 1 amide bonds. The van der Waals surface area contributed by atoms with E-state index < -0.39 is 24.1 Å². The van der Waals surface area contributed by atoms with E-state index in [2.05, 4.69) is 27.2 Å². The number of methoxy groups -OCH3 is 1. The molecule has 0 spiro atoms. The minimum absolute atomic E-state index is 0.0220. The van der Waals surface area contributed by atoms with Crippen LogP contribution in [0.2, 0.25) is 0 Å². The summed E-state index contributed by atoms with van der Waals surface area (Å²) >= 11 is 23.5. The van der Waals surface area contributed by atoms with Gasteiger partial charge < -0.3 is 35.4 Å². The summed E-state index contributed by atoms with van der Waals surface area (Å²) in [6, 6.07) is 20.7. The molecule has 0 bridgehead atoms. The lowest BCUT2D eigenvalue weighted by Crippen LogP contribution is -2.38. The second-order valence-electron chi connectivity index (χ2n) is 12.4. The molecule has 0 heterocycles. The summed E-state index contributed by atoms with van der Waals surface area (Å²) in [7, 11) is 1.33. The molecule has 0 aliphatic heterocycles. The first-order valence-corrected chi connectivity index (χ1v) is 19.5. The molecular formula is C39H52Cl4N4O6. The van der Waals surface area contributed by atoms with E-state index in [9.17, 15) is 14.4 Å².